The number of halogens is 4. The number of amides is 2. The summed E-state index contributed by atoms with van der Waals surface area (Å²) >= 11 is 12.2. The smallest absolute Gasteiger partial charge is 0.244 e. The second kappa shape index (κ2) is 12.5. The molecule has 0 aromatic heterocycles. The molecule has 2 amide bonds. The maximum Gasteiger partial charge on any atom is 0.244 e. The number of nitrogens with zero attached hydrogens (tertiary/aromatic N) is 2. The van der Waals surface area contributed by atoms with Gasteiger partial charge in [0.05, 0.1) is 11.9 Å². The van der Waals surface area contributed by atoms with Crippen molar-refractivity contribution in [1.82, 2.24) is 10.2 Å². The van der Waals surface area contributed by atoms with Crippen molar-refractivity contribution in [3.63, 3.8) is 0 Å². The highest BCUT2D eigenvalue weighted by molar-refractivity contribution is 7.92. The summed E-state index contributed by atoms with van der Waals surface area (Å²) in [6.07, 6.45) is 2.44. The second-order valence-corrected chi connectivity index (χ2v) is 10.7. The molecule has 0 aliphatic carbocycles. The predicted octanol–water partition coefficient (Wildman–Crippen LogP) is 4.37. The lowest BCUT2D eigenvalue weighted by Crippen LogP contribution is -2.51. The maximum atomic E-state index is 13.8. The number of hydrogen-bond acceptors (Lipinski definition) is 4. The number of carbonyl (C=O) groups is 2. The highest BCUT2D eigenvalue weighted by Gasteiger charge is 2.30. The number of hydrogen-bond donors (Lipinski definition) is 1. The molecule has 0 radical (unpaired) electrons. The van der Waals surface area contributed by atoms with Gasteiger partial charge in [-0.15, -0.1) is 0 Å². The minimum Gasteiger partial charge on any atom is -0.354 e. The first-order valence-electron chi connectivity index (χ1n) is 10.8. The summed E-state index contributed by atoms with van der Waals surface area (Å²) in [5, 5.41) is 3.38. The normalized spacial score (nSPS) is 12.2. The molecule has 7 nitrogen and oxygen atoms in total. The summed E-state index contributed by atoms with van der Waals surface area (Å²) in [7, 11) is -4.07. The van der Waals surface area contributed by atoms with Crippen molar-refractivity contribution < 1.29 is 26.8 Å². The maximum absolute atomic E-state index is 13.8. The average molecular weight is 550 g/mol. The number of unbranched alkanes of at least 4 members (excludes halogenated alkanes) is 1. The average Bonchev–Trinajstić information content (AvgIpc) is 2.77. The van der Waals surface area contributed by atoms with Crippen LogP contribution in [0.2, 0.25) is 10.0 Å². The molecule has 12 heteroatoms. The van der Waals surface area contributed by atoms with Crippen LogP contribution in [0.3, 0.4) is 0 Å². The Morgan fingerprint density at radius 1 is 1.09 bits per heavy atom. The largest absolute Gasteiger partial charge is 0.354 e. The summed E-state index contributed by atoms with van der Waals surface area (Å²) in [4.78, 5) is 27.3. The molecule has 0 aliphatic rings. The number of sulfonamides is 1. The Morgan fingerprint density at radius 2 is 1.77 bits per heavy atom. The van der Waals surface area contributed by atoms with Crippen molar-refractivity contribution >= 4 is 50.7 Å². The first-order chi connectivity index (χ1) is 16.3. The van der Waals surface area contributed by atoms with Crippen LogP contribution in [-0.2, 0) is 26.2 Å². The topological polar surface area (TPSA) is 86.8 Å². The minimum atomic E-state index is -4.07. The fourth-order valence-electron chi connectivity index (χ4n) is 3.21. The lowest BCUT2D eigenvalue weighted by Gasteiger charge is -2.31. The predicted molar refractivity (Wildman–Crippen MR) is 133 cm³/mol. The molecule has 0 saturated heterocycles. The van der Waals surface area contributed by atoms with Crippen molar-refractivity contribution in [3.8, 4) is 0 Å². The number of benzene rings is 2. The Labute approximate surface area is 214 Å². The summed E-state index contributed by atoms with van der Waals surface area (Å²) < 4.78 is 52.7. The molecule has 0 bridgehead atoms. The number of nitrogens with one attached hydrogen (secondary N) is 1. The molecule has 0 fully saturated rings. The molecule has 35 heavy (non-hydrogen) atoms. The third-order valence-corrected chi connectivity index (χ3v) is 6.95. The van der Waals surface area contributed by atoms with Crippen LogP contribution in [0.25, 0.3) is 0 Å². The van der Waals surface area contributed by atoms with E-state index < -0.39 is 46.1 Å². The van der Waals surface area contributed by atoms with Gasteiger partial charge in [0.2, 0.25) is 21.8 Å². The van der Waals surface area contributed by atoms with Crippen molar-refractivity contribution in [1.29, 1.82) is 0 Å². The third kappa shape index (κ3) is 8.05. The Bertz CT molecular complexity index is 1180. The zero-order valence-corrected chi connectivity index (χ0v) is 21.9. The van der Waals surface area contributed by atoms with Gasteiger partial charge in [-0.05, 0) is 43.2 Å². The standard InChI is InChI=1S/C23H27Cl2F2N3O4S/c1-4-5-10-28-23(32)15(2)29(13-16-6-7-17(24)11-19(16)25)22(31)14-30(35(3,33)34)18-8-9-20(26)21(27)12-18/h6-9,11-12,15H,4-5,10,13-14H2,1-3H3,(H,28,32)/t15-/m1/s1. The van der Waals surface area contributed by atoms with Crippen LogP contribution in [0.1, 0.15) is 32.3 Å². The zero-order valence-electron chi connectivity index (χ0n) is 19.5. The molecule has 2 aromatic rings. The monoisotopic (exact) mass is 549 g/mol. The second-order valence-electron chi connectivity index (χ2n) is 7.95. The van der Waals surface area contributed by atoms with Crippen LogP contribution < -0.4 is 9.62 Å². The van der Waals surface area contributed by atoms with Gasteiger partial charge in [0.1, 0.15) is 12.6 Å². The Kier molecular flexibility index (Phi) is 10.3. The zero-order chi connectivity index (χ0) is 26.3. The van der Waals surface area contributed by atoms with Gasteiger partial charge in [0.25, 0.3) is 0 Å². The quantitative estimate of drug-likeness (QED) is 0.421. The van der Waals surface area contributed by atoms with Crippen LogP contribution in [0, 0.1) is 11.6 Å². The van der Waals surface area contributed by atoms with E-state index in [0.29, 0.717) is 27.5 Å². The number of carbonyl (C=O) groups excluding carboxylic acids is 2. The molecule has 2 rings (SSSR count). The number of anilines is 1. The lowest BCUT2D eigenvalue weighted by atomic mass is 10.1. The minimum absolute atomic E-state index is 0.118. The summed E-state index contributed by atoms with van der Waals surface area (Å²) in [5.74, 6) is -3.61. The molecule has 0 unspecified atom stereocenters. The van der Waals surface area contributed by atoms with Gasteiger partial charge in [-0.25, -0.2) is 17.2 Å². The molecule has 192 valence electrons. The van der Waals surface area contributed by atoms with Crippen LogP contribution >= 0.6 is 23.2 Å². The van der Waals surface area contributed by atoms with E-state index in [2.05, 4.69) is 5.32 Å². The molecule has 0 spiro atoms. The summed E-state index contributed by atoms with van der Waals surface area (Å²) in [6.45, 7) is 3.01. The van der Waals surface area contributed by atoms with E-state index in [1.54, 1.807) is 12.1 Å². The fourth-order valence-corrected chi connectivity index (χ4v) is 4.52. The molecule has 2 aromatic carbocycles. The SMILES string of the molecule is CCCCNC(=O)[C@@H](C)N(Cc1ccc(Cl)cc1Cl)C(=O)CN(c1ccc(F)c(F)c1)S(C)(=O)=O. The van der Waals surface area contributed by atoms with Crippen LogP contribution in [0.15, 0.2) is 36.4 Å². The van der Waals surface area contributed by atoms with Gasteiger partial charge in [-0.3, -0.25) is 13.9 Å². The summed E-state index contributed by atoms with van der Waals surface area (Å²) in [5.41, 5.74) is 0.251. The first kappa shape index (κ1) is 28.8. The molecule has 0 heterocycles. The van der Waals surface area contributed by atoms with Crippen molar-refractivity contribution in [3.05, 3.63) is 63.6 Å². The van der Waals surface area contributed by atoms with Gasteiger partial charge < -0.3 is 10.2 Å². The van der Waals surface area contributed by atoms with Crippen molar-refractivity contribution in [2.24, 2.45) is 0 Å². The Hall–Kier alpha value is -2.43. The highest BCUT2D eigenvalue weighted by atomic mass is 35.5. The molecule has 1 N–H and O–H groups in total. The lowest BCUT2D eigenvalue weighted by molar-refractivity contribution is -0.139. The van der Waals surface area contributed by atoms with Crippen LogP contribution in [0.4, 0.5) is 14.5 Å². The van der Waals surface area contributed by atoms with Crippen LogP contribution in [0.5, 0.6) is 0 Å². The summed E-state index contributed by atoms with van der Waals surface area (Å²) in [6, 6.07) is 6.16. The molecule has 0 saturated carbocycles. The van der Waals surface area contributed by atoms with E-state index in [1.807, 2.05) is 6.92 Å². The van der Waals surface area contributed by atoms with Gasteiger partial charge >= 0.3 is 0 Å². The van der Waals surface area contributed by atoms with E-state index in [1.165, 1.54) is 17.9 Å². The highest BCUT2D eigenvalue weighted by Crippen LogP contribution is 2.25. The molecule has 0 aliphatic heterocycles. The van der Waals surface area contributed by atoms with Gasteiger partial charge in [0.15, 0.2) is 11.6 Å². The third-order valence-electron chi connectivity index (χ3n) is 5.22. The fraction of sp³-hybridized carbons (Fsp3) is 0.391. The van der Waals surface area contributed by atoms with Gasteiger partial charge in [-0.2, -0.15) is 0 Å². The van der Waals surface area contributed by atoms with E-state index in [9.17, 15) is 26.8 Å². The Morgan fingerprint density at radius 3 is 2.34 bits per heavy atom. The molecular formula is C23H27Cl2F2N3O4S. The van der Waals surface area contributed by atoms with E-state index >= 15 is 0 Å². The Balaban J connectivity index is 2.40. The van der Waals surface area contributed by atoms with E-state index in [-0.39, 0.29) is 17.3 Å². The first-order valence-corrected chi connectivity index (χ1v) is 13.4. The van der Waals surface area contributed by atoms with Gasteiger partial charge in [-0.1, -0.05) is 42.6 Å². The van der Waals surface area contributed by atoms with Crippen molar-refractivity contribution in [2.75, 3.05) is 23.7 Å². The molecule has 1 atom stereocenters. The van der Waals surface area contributed by atoms with Crippen LogP contribution in [-0.4, -0.2) is 50.5 Å². The van der Waals surface area contributed by atoms with E-state index in [4.69, 9.17) is 23.2 Å². The molecular weight excluding hydrogens is 523 g/mol. The van der Waals surface area contributed by atoms with Gasteiger partial charge in [0, 0.05) is 29.2 Å². The number of rotatable bonds is 11. The van der Waals surface area contributed by atoms with E-state index in [0.717, 1.165) is 31.2 Å². The van der Waals surface area contributed by atoms with Crippen molar-refractivity contribution in [2.45, 2.75) is 39.3 Å².